The van der Waals surface area contributed by atoms with Gasteiger partial charge in [0.1, 0.15) is 5.69 Å². The molecule has 1 aromatic heterocycles. The molecule has 0 bridgehead atoms. The first-order valence-electron chi connectivity index (χ1n) is 18.8. The van der Waals surface area contributed by atoms with Crippen LogP contribution in [-0.2, 0) is 16.1 Å². The second kappa shape index (κ2) is 12.4. The van der Waals surface area contributed by atoms with Crippen LogP contribution in [0.25, 0.3) is 11.3 Å². The van der Waals surface area contributed by atoms with Crippen LogP contribution in [0, 0.1) is 50.2 Å². The second-order valence-corrected chi connectivity index (χ2v) is 18.6. The molecule has 8 atom stereocenters. The Labute approximate surface area is 294 Å². The predicted octanol–water partition coefficient (Wildman–Crippen LogP) is 9.18. The summed E-state index contributed by atoms with van der Waals surface area (Å²) in [4.78, 5) is 23.5. The number of nitrogens with zero attached hydrogens (tertiary/aromatic N) is 1. The van der Waals surface area contributed by atoms with E-state index in [0.717, 1.165) is 63.1 Å². The minimum atomic E-state index is -0.833. The van der Waals surface area contributed by atoms with Crippen molar-refractivity contribution in [3.63, 3.8) is 0 Å². The fourth-order valence-corrected chi connectivity index (χ4v) is 12.2. The third kappa shape index (κ3) is 5.80. The van der Waals surface area contributed by atoms with Crippen molar-refractivity contribution < 1.29 is 19.2 Å². The normalized spacial score (nSPS) is 38.6. The largest absolute Gasteiger partial charge is 0.481 e. The van der Waals surface area contributed by atoms with Gasteiger partial charge in [0.15, 0.2) is 5.76 Å². The minimum Gasteiger partial charge on any atom is -0.481 e. The Bertz CT molecular complexity index is 1590. The van der Waals surface area contributed by atoms with Crippen LogP contribution in [0.5, 0.6) is 0 Å². The molecule has 49 heavy (non-hydrogen) atoms. The number of carboxylic acids is 1. The molecule has 4 N–H and O–H groups in total. The fourth-order valence-electron chi connectivity index (χ4n) is 12.2. The maximum absolute atomic E-state index is 14.5. The van der Waals surface area contributed by atoms with Crippen LogP contribution in [0.3, 0.4) is 0 Å². The molecule has 0 spiro atoms. The zero-order valence-electron chi connectivity index (χ0n) is 31.3. The third-order valence-electron chi connectivity index (χ3n) is 15.3. The quantitative estimate of drug-likeness (QED) is 0.279. The Morgan fingerprint density at radius 2 is 1.61 bits per heavy atom. The van der Waals surface area contributed by atoms with Crippen LogP contribution in [0.1, 0.15) is 125 Å². The van der Waals surface area contributed by atoms with E-state index in [1.807, 2.05) is 36.4 Å². The summed E-state index contributed by atoms with van der Waals surface area (Å²) in [5, 5.41) is 15.1. The number of fused-ring (bicyclic) bond motifs is 7. The van der Waals surface area contributed by atoms with Crippen LogP contribution in [0.2, 0.25) is 0 Å². The van der Waals surface area contributed by atoms with Crippen LogP contribution < -0.4 is 11.1 Å². The summed E-state index contributed by atoms with van der Waals surface area (Å²) in [6.07, 6.45) is 14.0. The molecule has 268 valence electrons. The number of aromatic nitrogens is 1. The lowest BCUT2D eigenvalue weighted by Crippen LogP contribution is -2.66. The molecular weight excluding hydrogens is 610 g/mol. The van der Waals surface area contributed by atoms with Crippen molar-refractivity contribution >= 4 is 11.9 Å². The lowest BCUT2D eigenvalue weighted by molar-refractivity contribution is -0.186. The highest BCUT2D eigenvalue weighted by Gasteiger charge is 2.69. The molecule has 7 heteroatoms. The molecule has 7 rings (SSSR count). The van der Waals surface area contributed by atoms with Gasteiger partial charge in [-0.3, -0.25) is 9.59 Å². The van der Waals surface area contributed by atoms with Crippen molar-refractivity contribution in [3.05, 3.63) is 53.8 Å². The molecule has 0 radical (unpaired) electrons. The number of carbonyl (C=O) groups is 2. The first-order valence-corrected chi connectivity index (χ1v) is 18.8. The number of carbonyl (C=O) groups excluding carboxylic acids is 1. The van der Waals surface area contributed by atoms with Gasteiger partial charge in [-0.2, -0.15) is 0 Å². The van der Waals surface area contributed by atoms with Crippen LogP contribution in [-0.4, -0.2) is 28.2 Å². The summed E-state index contributed by atoms with van der Waals surface area (Å²) in [6, 6.07) is 12.3. The predicted molar refractivity (Wildman–Crippen MR) is 194 cm³/mol. The monoisotopic (exact) mass is 671 g/mol. The van der Waals surface area contributed by atoms with Gasteiger partial charge < -0.3 is 20.7 Å². The van der Waals surface area contributed by atoms with Gasteiger partial charge in [0.05, 0.1) is 12.0 Å². The van der Waals surface area contributed by atoms with Gasteiger partial charge in [-0.15, -0.1) is 0 Å². The fraction of sp³-hybridized carbons (Fsp3) is 0.690. The summed E-state index contributed by atoms with van der Waals surface area (Å²) in [7, 11) is 0. The summed E-state index contributed by atoms with van der Waals surface area (Å²) in [5.74, 6) is 1.71. The maximum Gasteiger partial charge on any atom is 0.300 e. The zero-order chi connectivity index (χ0) is 35.6. The summed E-state index contributed by atoms with van der Waals surface area (Å²) < 4.78 is 5.69. The van der Waals surface area contributed by atoms with E-state index in [4.69, 9.17) is 20.2 Å². The van der Waals surface area contributed by atoms with E-state index >= 15 is 0 Å². The molecule has 1 aromatic carbocycles. The number of nitrogens with two attached hydrogens (primary N) is 1. The summed E-state index contributed by atoms with van der Waals surface area (Å²) >= 11 is 0. The third-order valence-corrected chi connectivity index (χ3v) is 15.3. The highest BCUT2D eigenvalue weighted by atomic mass is 16.5. The van der Waals surface area contributed by atoms with Gasteiger partial charge in [0.25, 0.3) is 5.97 Å². The number of aliphatic carboxylic acids is 1. The molecule has 1 heterocycles. The van der Waals surface area contributed by atoms with E-state index < -0.39 is 5.97 Å². The smallest absolute Gasteiger partial charge is 0.300 e. The van der Waals surface area contributed by atoms with E-state index in [1.165, 1.54) is 19.3 Å². The number of hydrogen-bond donors (Lipinski definition) is 3. The number of rotatable bonds is 4. The lowest BCUT2D eigenvalue weighted by Gasteiger charge is -2.71. The van der Waals surface area contributed by atoms with Crippen LogP contribution in [0.15, 0.2) is 52.6 Å². The van der Waals surface area contributed by atoms with E-state index in [-0.39, 0.29) is 38.9 Å². The zero-order valence-corrected chi connectivity index (χ0v) is 31.3. The first kappa shape index (κ1) is 35.9. The Balaban J connectivity index is 0.000000989. The lowest BCUT2D eigenvalue weighted by atomic mass is 9.33. The standard InChI is InChI=1S/C40H57N3O2.C2H4O2/c1-35(2)19-21-40(34(44)42-25-27-23-30(43-45-27)26-11-9-8-10-12-26)22-20-38(6)28(29(40)24-35)13-14-32-37(5)17-16-33(41)36(3,4)31(37)15-18-39(32,38)7;1-2(3)4/h8-13,23,29,31-33H,14-22,24-25,41H2,1-7H3,(H,42,44);1H3,(H,3,4)/t29-,31?,32?,33-,37-,38+,39+,40-;/m0./s1. The van der Waals surface area contributed by atoms with E-state index in [1.54, 1.807) is 5.57 Å². The van der Waals surface area contributed by atoms with Crippen molar-refractivity contribution in [2.45, 2.75) is 132 Å². The van der Waals surface area contributed by atoms with Gasteiger partial charge in [-0.05, 0) is 109 Å². The van der Waals surface area contributed by atoms with Gasteiger partial charge in [0.2, 0.25) is 5.91 Å². The van der Waals surface area contributed by atoms with Gasteiger partial charge in [-0.1, -0.05) is 95.6 Å². The minimum absolute atomic E-state index is 0.116. The van der Waals surface area contributed by atoms with Crippen molar-refractivity contribution in [2.75, 3.05) is 0 Å². The SMILES string of the molecule is CC(=O)O.CC1(C)CC[C@]2(C(=O)NCc3cc(-c4ccccc4)no3)CC[C@]3(C)C(=CCC4[C@@]5(C)CC[C@H](N)C(C)(C)C5CC[C@]43C)[C@@H]2C1. The molecule has 2 aromatic rings. The van der Waals surface area contributed by atoms with E-state index in [2.05, 4.69) is 65.0 Å². The molecule has 0 saturated heterocycles. The highest BCUT2D eigenvalue weighted by Crippen LogP contribution is 2.75. The van der Waals surface area contributed by atoms with Crippen molar-refractivity contribution in [2.24, 2.45) is 56.0 Å². The van der Waals surface area contributed by atoms with Gasteiger partial charge in [-0.25, -0.2) is 0 Å². The number of carboxylic acid groups (broad SMARTS) is 1. The van der Waals surface area contributed by atoms with Gasteiger partial charge in [0, 0.05) is 24.6 Å². The van der Waals surface area contributed by atoms with Crippen molar-refractivity contribution in [3.8, 4) is 11.3 Å². The highest BCUT2D eigenvalue weighted by molar-refractivity contribution is 5.84. The molecule has 5 aliphatic rings. The molecule has 1 amide bonds. The Morgan fingerprint density at radius 3 is 2.31 bits per heavy atom. The number of nitrogens with one attached hydrogen (secondary N) is 1. The topological polar surface area (TPSA) is 118 Å². The number of allylic oxidation sites excluding steroid dienone is 2. The second-order valence-electron chi connectivity index (χ2n) is 18.6. The Kier molecular flexibility index (Phi) is 9.07. The van der Waals surface area contributed by atoms with E-state index in [0.29, 0.717) is 35.6 Å². The molecule has 7 nitrogen and oxygen atoms in total. The molecule has 4 fully saturated rings. The molecular formula is C42H61N3O4. The Hall–Kier alpha value is -2.93. The number of hydrogen-bond acceptors (Lipinski definition) is 5. The number of benzene rings is 1. The van der Waals surface area contributed by atoms with Crippen molar-refractivity contribution in [1.82, 2.24) is 10.5 Å². The van der Waals surface area contributed by atoms with Crippen molar-refractivity contribution in [1.29, 1.82) is 0 Å². The van der Waals surface area contributed by atoms with Crippen LogP contribution >= 0.6 is 0 Å². The summed E-state index contributed by atoms with van der Waals surface area (Å²) in [6.45, 7) is 19.1. The molecule has 2 unspecified atom stereocenters. The molecule has 0 aliphatic heterocycles. The maximum atomic E-state index is 14.5. The Morgan fingerprint density at radius 1 is 0.939 bits per heavy atom. The summed E-state index contributed by atoms with van der Waals surface area (Å²) in [5.41, 5.74) is 11.0. The van der Waals surface area contributed by atoms with Crippen LogP contribution in [0.4, 0.5) is 0 Å². The molecule has 5 aliphatic carbocycles. The number of amides is 1. The average molecular weight is 672 g/mol. The average Bonchev–Trinajstić information content (AvgIpc) is 3.51. The van der Waals surface area contributed by atoms with Gasteiger partial charge >= 0.3 is 0 Å². The van der Waals surface area contributed by atoms with E-state index in [9.17, 15) is 4.79 Å². The first-order chi connectivity index (χ1) is 22.9. The molecule has 4 saturated carbocycles.